The van der Waals surface area contributed by atoms with E-state index < -0.39 is 0 Å². The summed E-state index contributed by atoms with van der Waals surface area (Å²) in [7, 11) is 0. The first-order valence-corrected chi connectivity index (χ1v) is 12.3. The Morgan fingerprint density at radius 2 is 0.921 bits per heavy atom. The summed E-state index contributed by atoms with van der Waals surface area (Å²) in [5.41, 5.74) is 3.70. The molecule has 196 valence electrons. The van der Waals surface area contributed by atoms with Crippen molar-refractivity contribution in [3.05, 3.63) is 132 Å². The molecule has 5 rings (SSSR count). The zero-order valence-corrected chi connectivity index (χ0v) is 22.5. The van der Waals surface area contributed by atoms with Gasteiger partial charge >= 0.3 is 0 Å². The Labute approximate surface area is 236 Å². The van der Waals surface area contributed by atoms with Crippen LogP contribution in [0.5, 0.6) is 0 Å². The van der Waals surface area contributed by atoms with E-state index in [1.54, 1.807) is 0 Å². The van der Waals surface area contributed by atoms with Crippen molar-refractivity contribution >= 4 is 11.8 Å². The molecule has 1 saturated heterocycles. The zero-order valence-electron chi connectivity index (χ0n) is 21.0. The van der Waals surface area contributed by atoms with Crippen LogP contribution in [0.1, 0.15) is 31.8 Å². The molecule has 0 saturated carbocycles. The molecule has 0 N–H and O–H groups in total. The minimum Gasteiger partial charge on any atom is -1.00 e. The fraction of sp³-hybridized carbons (Fsp3) is 0.200. The molecule has 6 nitrogen and oxygen atoms in total. The van der Waals surface area contributed by atoms with Crippen molar-refractivity contribution in [2.75, 3.05) is 26.2 Å². The number of piperazine rings is 1. The van der Waals surface area contributed by atoms with Gasteiger partial charge in [-0.1, -0.05) is 60.7 Å². The van der Waals surface area contributed by atoms with Gasteiger partial charge in [0.2, 0.25) is 0 Å². The lowest BCUT2D eigenvalue weighted by Crippen LogP contribution is -3.00. The van der Waals surface area contributed by atoms with Crippen LogP contribution in [0.15, 0.2) is 110 Å². The van der Waals surface area contributed by atoms with E-state index in [-0.39, 0.29) is 36.6 Å². The monoisotopic (exact) mass is 548 g/mol. The number of benzene rings is 2. The maximum atomic E-state index is 13.2. The number of pyridine rings is 2. The number of carbonyl (C=O) groups is 2. The molecule has 1 aliphatic rings. The Morgan fingerprint density at radius 1 is 0.553 bits per heavy atom. The second-order valence-corrected chi connectivity index (χ2v) is 9.09. The van der Waals surface area contributed by atoms with E-state index in [2.05, 4.69) is 24.3 Å². The van der Waals surface area contributed by atoms with Gasteiger partial charge in [-0.3, -0.25) is 9.59 Å². The Hall–Kier alpha value is -3.74. The lowest BCUT2D eigenvalue weighted by molar-refractivity contribution is -0.688. The quantitative estimate of drug-likeness (QED) is 0.241. The molecule has 8 heteroatoms. The van der Waals surface area contributed by atoms with Crippen LogP contribution in [-0.4, -0.2) is 47.8 Å². The highest BCUT2D eigenvalue weighted by Crippen LogP contribution is 2.11. The van der Waals surface area contributed by atoms with Crippen LogP contribution in [0.2, 0.25) is 0 Å². The van der Waals surface area contributed by atoms with E-state index in [0.29, 0.717) is 50.4 Å². The fourth-order valence-corrected chi connectivity index (χ4v) is 4.56. The van der Waals surface area contributed by atoms with Crippen molar-refractivity contribution in [2.45, 2.75) is 13.1 Å². The van der Waals surface area contributed by atoms with E-state index in [0.717, 1.165) is 0 Å². The highest BCUT2D eigenvalue weighted by atomic mass is 35.5. The lowest BCUT2D eigenvalue weighted by Gasteiger charge is -2.34. The van der Waals surface area contributed by atoms with Crippen LogP contribution >= 0.6 is 0 Å². The van der Waals surface area contributed by atoms with Gasteiger partial charge in [-0.25, -0.2) is 0 Å². The third-order valence-electron chi connectivity index (χ3n) is 6.48. The molecule has 0 unspecified atom stereocenters. The molecule has 2 amide bonds. The first kappa shape index (κ1) is 28.8. The number of carbonyl (C=O) groups excluding carboxylic acids is 2. The normalized spacial score (nSPS) is 12.7. The van der Waals surface area contributed by atoms with E-state index in [1.807, 2.05) is 104 Å². The number of rotatable bonds is 6. The summed E-state index contributed by atoms with van der Waals surface area (Å²) in [6.45, 7) is 3.52. The number of amides is 2. The molecule has 2 aromatic heterocycles. The van der Waals surface area contributed by atoms with Gasteiger partial charge in [0, 0.05) is 49.4 Å². The molecular weight excluding hydrogens is 519 g/mol. The van der Waals surface area contributed by atoms with Crippen LogP contribution in [0.25, 0.3) is 0 Å². The molecule has 1 aliphatic heterocycles. The maximum absolute atomic E-state index is 13.2. The Morgan fingerprint density at radius 3 is 1.29 bits per heavy atom. The Bertz CT molecular complexity index is 1240. The Balaban J connectivity index is 0.00000200. The molecule has 0 spiro atoms. The van der Waals surface area contributed by atoms with Crippen molar-refractivity contribution in [1.82, 2.24) is 9.80 Å². The molecule has 3 heterocycles. The number of halogens is 2. The molecular formula is C30H30Cl2N4O2. The van der Waals surface area contributed by atoms with Gasteiger partial charge in [-0.2, -0.15) is 9.13 Å². The van der Waals surface area contributed by atoms with Crippen LogP contribution < -0.4 is 33.9 Å². The fourth-order valence-electron chi connectivity index (χ4n) is 4.56. The number of hydrogen-bond donors (Lipinski definition) is 0. The first-order chi connectivity index (χ1) is 17.7. The molecule has 1 fully saturated rings. The SMILES string of the molecule is O=C(c1ccc[n+](Cc2ccccc2)c1)N1CCN(C(=O)c2ccc[n+](Cc3ccccc3)c2)CC1.[Cl-].[Cl-]. The van der Waals surface area contributed by atoms with E-state index in [9.17, 15) is 9.59 Å². The minimum atomic E-state index is 0. The predicted octanol–water partition coefficient (Wildman–Crippen LogP) is -3.04. The summed E-state index contributed by atoms with van der Waals surface area (Å²) in [6, 6.07) is 27.9. The minimum absolute atomic E-state index is 0. The van der Waals surface area contributed by atoms with Crippen molar-refractivity contribution in [2.24, 2.45) is 0 Å². The van der Waals surface area contributed by atoms with E-state index >= 15 is 0 Å². The van der Waals surface area contributed by atoms with Crippen molar-refractivity contribution in [1.29, 1.82) is 0 Å². The van der Waals surface area contributed by atoms with Crippen LogP contribution in [0, 0.1) is 0 Å². The van der Waals surface area contributed by atoms with Gasteiger partial charge in [0.1, 0.15) is 11.1 Å². The standard InChI is InChI=1S/C30H30N4O2.2ClH/c35-29(27-13-7-15-31(23-27)21-25-9-3-1-4-10-25)33-17-19-34(20-18-33)30(36)28-14-8-16-32(24-28)22-26-11-5-2-6-12-26;;/h1-16,23-24H,17-22H2;2*1H/q+2;;/p-2. The van der Waals surface area contributed by atoms with Gasteiger partial charge in [0.05, 0.1) is 0 Å². The number of aromatic nitrogens is 2. The topological polar surface area (TPSA) is 48.4 Å². The smallest absolute Gasteiger partial charge is 0.260 e. The van der Waals surface area contributed by atoms with E-state index in [4.69, 9.17) is 0 Å². The molecule has 38 heavy (non-hydrogen) atoms. The summed E-state index contributed by atoms with van der Waals surface area (Å²) in [6.07, 6.45) is 7.76. The molecule has 0 aliphatic carbocycles. The maximum Gasteiger partial charge on any atom is 0.260 e. The number of hydrogen-bond acceptors (Lipinski definition) is 2. The van der Waals surface area contributed by atoms with Crippen LogP contribution in [-0.2, 0) is 13.1 Å². The lowest BCUT2D eigenvalue weighted by atomic mass is 10.1. The van der Waals surface area contributed by atoms with Crippen molar-refractivity contribution in [3.8, 4) is 0 Å². The summed E-state index contributed by atoms with van der Waals surface area (Å²) in [4.78, 5) is 30.0. The van der Waals surface area contributed by atoms with Gasteiger partial charge in [-0.15, -0.1) is 0 Å². The average molecular weight is 550 g/mol. The molecule has 0 bridgehead atoms. The predicted molar refractivity (Wildman–Crippen MR) is 136 cm³/mol. The third kappa shape index (κ3) is 7.18. The summed E-state index contributed by atoms with van der Waals surface area (Å²) >= 11 is 0. The van der Waals surface area contributed by atoms with Crippen molar-refractivity contribution < 1.29 is 43.5 Å². The van der Waals surface area contributed by atoms with Crippen LogP contribution in [0.3, 0.4) is 0 Å². The molecule has 0 radical (unpaired) electrons. The molecule has 4 aromatic rings. The van der Waals surface area contributed by atoms with Gasteiger partial charge in [0.25, 0.3) is 11.8 Å². The summed E-state index contributed by atoms with van der Waals surface area (Å²) < 4.78 is 4.06. The van der Waals surface area contributed by atoms with E-state index in [1.165, 1.54) is 11.1 Å². The summed E-state index contributed by atoms with van der Waals surface area (Å²) in [5.74, 6) is 0.00912. The molecule has 2 aromatic carbocycles. The second kappa shape index (κ2) is 13.7. The van der Waals surface area contributed by atoms with Crippen LogP contribution in [0.4, 0.5) is 0 Å². The second-order valence-electron chi connectivity index (χ2n) is 9.09. The molecule has 0 atom stereocenters. The average Bonchev–Trinajstić information content (AvgIpc) is 2.94. The highest BCUT2D eigenvalue weighted by molar-refractivity contribution is 5.95. The zero-order chi connectivity index (χ0) is 24.7. The summed E-state index contributed by atoms with van der Waals surface area (Å²) in [5, 5.41) is 0. The van der Waals surface area contributed by atoms with Gasteiger partial charge in [0.15, 0.2) is 37.9 Å². The van der Waals surface area contributed by atoms with Gasteiger partial charge < -0.3 is 34.6 Å². The first-order valence-electron chi connectivity index (χ1n) is 12.3. The van der Waals surface area contributed by atoms with Crippen molar-refractivity contribution in [3.63, 3.8) is 0 Å². The Kier molecular flexibility index (Phi) is 10.4. The van der Waals surface area contributed by atoms with Gasteiger partial charge in [-0.05, 0) is 12.1 Å². The third-order valence-corrected chi connectivity index (χ3v) is 6.48. The number of nitrogens with zero attached hydrogens (tertiary/aromatic N) is 4. The largest absolute Gasteiger partial charge is 1.00 e. The highest BCUT2D eigenvalue weighted by Gasteiger charge is 2.27.